The molecule has 0 saturated carbocycles. The fourth-order valence-electron chi connectivity index (χ4n) is 0.725. The van der Waals surface area contributed by atoms with Gasteiger partial charge in [-0.1, -0.05) is 0 Å². The second-order valence-corrected chi connectivity index (χ2v) is 4.19. The molecule has 0 radical (unpaired) electrons. The van der Waals surface area contributed by atoms with Crippen LogP contribution in [0.1, 0.15) is 0 Å². The van der Waals surface area contributed by atoms with Crippen molar-refractivity contribution < 1.29 is 58.3 Å². The maximum absolute atomic E-state index is 10.8. The van der Waals surface area contributed by atoms with E-state index in [2.05, 4.69) is 14.2 Å². The Morgan fingerprint density at radius 1 is 0.833 bits per heavy atom. The van der Waals surface area contributed by atoms with E-state index >= 15 is 0 Å². The molecular formula is C5H7O12P. The minimum absolute atomic E-state index is 2.16. The first-order valence-electron chi connectivity index (χ1n) is 3.78. The van der Waals surface area contributed by atoms with Gasteiger partial charge in [-0.05, 0) is 0 Å². The van der Waals surface area contributed by atoms with Gasteiger partial charge in [0.05, 0.1) is 0 Å². The van der Waals surface area contributed by atoms with Gasteiger partial charge in [0.25, 0.3) is 5.85 Å². The van der Waals surface area contributed by atoms with Crippen LogP contribution in [0.2, 0.25) is 0 Å². The van der Waals surface area contributed by atoms with Crippen molar-refractivity contribution in [2.45, 2.75) is 12.1 Å². The Kier molecular flexibility index (Phi) is 5.36. The zero-order valence-corrected chi connectivity index (χ0v) is 9.09. The van der Waals surface area contributed by atoms with Gasteiger partial charge in [-0.15, -0.1) is 0 Å². The van der Waals surface area contributed by atoms with E-state index < -0.39 is 38.2 Å². The van der Waals surface area contributed by atoms with E-state index in [1.165, 1.54) is 0 Å². The van der Waals surface area contributed by atoms with Crippen LogP contribution in [0.25, 0.3) is 0 Å². The van der Waals surface area contributed by atoms with Crippen molar-refractivity contribution >= 4 is 26.1 Å². The molecule has 1 atom stereocenters. The van der Waals surface area contributed by atoms with E-state index in [-0.39, 0.29) is 0 Å². The first-order valence-corrected chi connectivity index (χ1v) is 5.46. The normalized spacial score (nSPS) is 12.6. The second kappa shape index (κ2) is 6.05. The van der Waals surface area contributed by atoms with Crippen molar-refractivity contribution in [1.82, 2.24) is 0 Å². The average Bonchev–Trinajstić information content (AvgIpc) is 2.09. The molecule has 0 heterocycles. The monoisotopic (exact) mass is 290 g/mol. The third-order valence-corrected chi connectivity index (χ3v) is 2.23. The van der Waals surface area contributed by atoms with Gasteiger partial charge in [0.2, 0.25) is 0 Å². The van der Waals surface area contributed by atoms with Gasteiger partial charge >= 0.3 is 32.4 Å². The molecule has 0 rings (SSSR count). The summed E-state index contributed by atoms with van der Waals surface area (Å²) >= 11 is 0. The van der Waals surface area contributed by atoms with Gasteiger partial charge < -0.3 is 39.3 Å². The summed E-state index contributed by atoms with van der Waals surface area (Å²) in [6, 6.07) is 0. The van der Waals surface area contributed by atoms with Gasteiger partial charge in [-0.2, -0.15) is 0 Å². The fraction of sp³-hybridized carbons (Fsp3) is 0.400. The zero-order chi connectivity index (χ0) is 14.5. The van der Waals surface area contributed by atoms with Crippen molar-refractivity contribution in [2.24, 2.45) is 0 Å². The van der Waals surface area contributed by atoms with Gasteiger partial charge in [-0.3, -0.25) is 4.57 Å². The van der Waals surface area contributed by atoms with E-state index in [4.69, 9.17) is 25.1 Å². The molecular weight excluding hydrogens is 283 g/mol. The highest BCUT2D eigenvalue weighted by molar-refractivity contribution is 7.52. The SMILES string of the molecule is O=C(O)OC(OC(=O)O)C(OC(=O)O)P(=O)(O)O. The summed E-state index contributed by atoms with van der Waals surface area (Å²) in [6.45, 7) is 0. The lowest BCUT2D eigenvalue weighted by molar-refractivity contribution is -0.134. The lowest BCUT2D eigenvalue weighted by Crippen LogP contribution is -2.38. The highest BCUT2D eigenvalue weighted by Gasteiger charge is 2.45. The maximum atomic E-state index is 10.8. The summed E-state index contributed by atoms with van der Waals surface area (Å²) in [4.78, 5) is 47.9. The van der Waals surface area contributed by atoms with Gasteiger partial charge in [-0.25, -0.2) is 14.4 Å². The Balaban J connectivity index is 5.18. The van der Waals surface area contributed by atoms with Crippen molar-refractivity contribution in [3.63, 3.8) is 0 Å². The van der Waals surface area contributed by atoms with Gasteiger partial charge in [0.15, 0.2) is 0 Å². The first-order chi connectivity index (χ1) is 8.04. The Labute approximate surface area is 97.5 Å². The standard InChI is InChI=1S/C5H7O12P/c6-3(7)15-1(16-4(8)9)2(17-5(10)11)18(12,13)14/h1-2H,(H,6,7)(H,8,9)(H,10,11)(H2,12,13,14). The summed E-state index contributed by atoms with van der Waals surface area (Å²) in [5.41, 5.74) is 0. The van der Waals surface area contributed by atoms with E-state index in [1.807, 2.05) is 0 Å². The summed E-state index contributed by atoms with van der Waals surface area (Å²) < 4.78 is 21.9. The largest absolute Gasteiger partial charge is 0.509 e. The minimum Gasteiger partial charge on any atom is -0.450 e. The zero-order valence-electron chi connectivity index (χ0n) is 8.20. The smallest absolute Gasteiger partial charge is 0.450 e. The number of rotatable bonds is 5. The molecule has 12 nitrogen and oxygen atoms in total. The summed E-state index contributed by atoms with van der Waals surface area (Å²) in [5.74, 6) is -2.78. The van der Waals surface area contributed by atoms with Crippen molar-refractivity contribution in [2.75, 3.05) is 0 Å². The number of carbonyl (C=O) groups is 3. The molecule has 0 bridgehead atoms. The number of carboxylic acid groups (broad SMARTS) is 3. The predicted octanol–water partition coefficient (Wildman–Crippen LogP) is -0.0999. The van der Waals surface area contributed by atoms with Crippen LogP contribution in [-0.2, 0) is 18.8 Å². The summed E-state index contributed by atoms with van der Waals surface area (Å²) in [5, 5.41) is 24.6. The molecule has 0 aromatic rings. The molecule has 0 saturated heterocycles. The highest BCUT2D eigenvalue weighted by atomic mass is 31.2. The summed E-state index contributed by atoms with van der Waals surface area (Å²) in [6.07, 6.45) is -9.18. The topological polar surface area (TPSA) is 197 Å². The number of hydrogen-bond acceptors (Lipinski definition) is 7. The highest BCUT2D eigenvalue weighted by Crippen LogP contribution is 2.44. The van der Waals surface area contributed by atoms with Crippen LogP contribution in [0, 0.1) is 0 Å². The third kappa shape index (κ3) is 5.89. The molecule has 0 amide bonds. The van der Waals surface area contributed by atoms with Crippen LogP contribution in [-0.4, -0.2) is 55.7 Å². The molecule has 0 aliphatic carbocycles. The molecule has 1 unspecified atom stereocenters. The fourth-order valence-corrected chi connectivity index (χ4v) is 1.39. The quantitative estimate of drug-likeness (QED) is 0.256. The molecule has 0 aromatic carbocycles. The molecule has 0 aliphatic heterocycles. The number of hydrogen-bond donors (Lipinski definition) is 5. The third-order valence-electron chi connectivity index (χ3n) is 1.22. The Bertz CT molecular complexity index is 366. The van der Waals surface area contributed by atoms with Crippen LogP contribution >= 0.6 is 7.60 Å². The maximum Gasteiger partial charge on any atom is 0.509 e. The van der Waals surface area contributed by atoms with E-state index in [9.17, 15) is 18.9 Å². The van der Waals surface area contributed by atoms with Crippen LogP contribution in [0.3, 0.4) is 0 Å². The van der Waals surface area contributed by atoms with Crippen LogP contribution < -0.4 is 0 Å². The van der Waals surface area contributed by atoms with Crippen LogP contribution in [0.15, 0.2) is 0 Å². The molecule has 18 heavy (non-hydrogen) atoms. The van der Waals surface area contributed by atoms with E-state index in [1.54, 1.807) is 0 Å². The Morgan fingerprint density at radius 3 is 1.39 bits per heavy atom. The van der Waals surface area contributed by atoms with Gasteiger partial charge in [0.1, 0.15) is 0 Å². The van der Waals surface area contributed by atoms with Crippen LogP contribution in [0.4, 0.5) is 14.4 Å². The Hall–Kier alpha value is -2.04. The van der Waals surface area contributed by atoms with E-state index in [0.29, 0.717) is 0 Å². The molecule has 0 fully saturated rings. The average molecular weight is 290 g/mol. The predicted molar refractivity (Wildman–Crippen MR) is 46.9 cm³/mol. The molecule has 104 valence electrons. The van der Waals surface area contributed by atoms with E-state index in [0.717, 1.165) is 0 Å². The lowest BCUT2D eigenvalue weighted by Gasteiger charge is -2.23. The molecule has 0 aliphatic rings. The molecule has 13 heteroatoms. The lowest BCUT2D eigenvalue weighted by atomic mass is 10.6. The molecule has 0 spiro atoms. The number of ether oxygens (including phenoxy) is 3. The van der Waals surface area contributed by atoms with Gasteiger partial charge in [0, 0.05) is 0 Å². The summed E-state index contributed by atoms with van der Waals surface area (Å²) in [7, 11) is -5.38. The molecule has 0 aromatic heterocycles. The van der Waals surface area contributed by atoms with Crippen molar-refractivity contribution in [1.29, 1.82) is 0 Å². The first kappa shape index (κ1) is 16.0. The Morgan fingerprint density at radius 2 is 1.17 bits per heavy atom. The van der Waals surface area contributed by atoms with Crippen molar-refractivity contribution in [3.8, 4) is 0 Å². The minimum atomic E-state index is -5.38. The van der Waals surface area contributed by atoms with Crippen molar-refractivity contribution in [3.05, 3.63) is 0 Å². The van der Waals surface area contributed by atoms with Crippen LogP contribution in [0.5, 0.6) is 0 Å². The second-order valence-electron chi connectivity index (χ2n) is 2.50. The molecule has 5 N–H and O–H groups in total.